The van der Waals surface area contributed by atoms with Crippen molar-refractivity contribution in [2.24, 2.45) is 0 Å². The van der Waals surface area contributed by atoms with Gasteiger partial charge in [0.25, 0.3) is 5.91 Å². The third kappa shape index (κ3) is 8.19. The minimum Gasteiger partial charge on any atom is -0.481 e. The number of rotatable bonds is 14. The molecule has 8 nitrogen and oxygen atoms in total. The van der Waals surface area contributed by atoms with Crippen LogP contribution in [0.3, 0.4) is 0 Å². The summed E-state index contributed by atoms with van der Waals surface area (Å²) in [5.74, 6) is -0.680. The van der Waals surface area contributed by atoms with E-state index in [9.17, 15) is 9.59 Å². The number of ether oxygens (including phenoxy) is 1. The third-order valence-corrected chi connectivity index (χ3v) is 5.30. The van der Waals surface area contributed by atoms with Crippen LogP contribution in [0.2, 0.25) is 0 Å². The molecule has 0 aliphatic heterocycles. The van der Waals surface area contributed by atoms with Gasteiger partial charge in [-0.15, -0.1) is 0 Å². The van der Waals surface area contributed by atoms with Crippen molar-refractivity contribution in [1.29, 1.82) is 0 Å². The molecule has 0 radical (unpaired) electrons. The van der Waals surface area contributed by atoms with Gasteiger partial charge in [-0.2, -0.15) is 0 Å². The van der Waals surface area contributed by atoms with Gasteiger partial charge in [-0.1, -0.05) is 24.3 Å². The van der Waals surface area contributed by atoms with E-state index in [0.29, 0.717) is 32.1 Å². The zero-order chi connectivity index (χ0) is 24.9. The molecule has 1 aromatic carbocycles. The molecule has 0 atom stereocenters. The quantitative estimate of drug-likeness (QED) is 0.315. The van der Waals surface area contributed by atoms with Crippen LogP contribution in [0.5, 0.6) is 0 Å². The van der Waals surface area contributed by atoms with Crippen molar-refractivity contribution in [1.82, 2.24) is 15.3 Å². The predicted molar refractivity (Wildman–Crippen MR) is 133 cm³/mol. The molecule has 0 aliphatic rings. The maximum Gasteiger partial charge on any atom is 0.303 e. The minimum absolute atomic E-state index is 0.175. The van der Waals surface area contributed by atoms with E-state index in [2.05, 4.69) is 21.4 Å². The van der Waals surface area contributed by atoms with Crippen LogP contribution < -0.4 is 5.32 Å². The molecule has 1 amide bonds. The number of benzene rings is 1. The van der Waals surface area contributed by atoms with E-state index in [4.69, 9.17) is 14.3 Å². The van der Waals surface area contributed by atoms with Crippen molar-refractivity contribution < 1.29 is 23.8 Å². The van der Waals surface area contributed by atoms with E-state index in [-0.39, 0.29) is 18.0 Å². The molecule has 8 heteroatoms. The predicted octanol–water partition coefficient (Wildman–Crippen LogP) is 4.97. The van der Waals surface area contributed by atoms with Crippen LogP contribution in [0.25, 0.3) is 17.0 Å². The average Bonchev–Trinajstić information content (AvgIpc) is 3.37. The van der Waals surface area contributed by atoms with Crippen LogP contribution >= 0.6 is 0 Å². The van der Waals surface area contributed by atoms with E-state index >= 15 is 0 Å². The lowest BCUT2D eigenvalue weighted by atomic mass is 9.96. The van der Waals surface area contributed by atoms with Crippen molar-refractivity contribution in [3.63, 3.8) is 0 Å². The monoisotopic (exact) mass is 477 g/mol. The first kappa shape index (κ1) is 25.8. The van der Waals surface area contributed by atoms with Gasteiger partial charge in [0.05, 0.1) is 0 Å². The summed E-state index contributed by atoms with van der Waals surface area (Å²) in [7, 11) is 0. The normalized spacial score (nSPS) is 11.4. The number of nitrogens with one attached hydrogen (secondary N) is 1. The molecular formula is C27H31N3O5. The number of unbranched alkanes of at least 4 members (excludes halogenated alkanes) is 2. The lowest BCUT2D eigenvalue weighted by molar-refractivity contribution is -0.137. The molecule has 0 aliphatic carbocycles. The summed E-state index contributed by atoms with van der Waals surface area (Å²) in [6, 6.07) is 11.6. The van der Waals surface area contributed by atoms with E-state index < -0.39 is 5.97 Å². The van der Waals surface area contributed by atoms with Crippen LogP contribution in [-0.4, -0.2) is 46.7 Å². The molecule has 0 bridgehead atoms. The second kappa shape index (κ2) is 13.8. The summed E-state index contributed by atoms with van der Waals surface area (Å²) in [5, 5.41) is 11.6. The Morgan fingerprint density at radius 3 is 2.66 bits per heavy atom. The summed E-state index contributed by atoms with van der Waals surface area (Å²) in [4.78, 5) is 31.6. The van der Waals surface area contributed by atoms with E-state index in [1.165, 1.54) is 6.26 Å². The zero-order valence-electron chi connectivity index (χ0n) is 19.9. The maximum absolute atomic E-state index is 12.3. The average molecular weight is 478 g/mol. The van der Waals surface area contributed by atoms with Crippen LogP contribution in [0.4, 0.5) is 0 Å². The Bertz CT molecular complexity index is 1110. The third-order valence-electron chi connectivity index (χ3n) is 5.30. The number of pyridine rings is 1. The maximum atomic E-state index is 12.3. The number of hydrogen-bond donors (Lipinski definition) is 2. The summed E-state index contributed by atoms with van der Waals surface area (Å²) >= 11 is 0. The number of aromatic nitrogens is 2. The number of carbonyl (C=O) groups is 2. The molecule has 0 unspecified atom stereocenters. The van der Waals surface area contributed by atoms with Gasteiger partial charge in [-0.3, -0.25) is 14.6 Å². The first-order chi connectivity index (χ1) is 17.1. The van der Waals surface area contributed by atoms with Gasteiger partial charge in [-0.05, 0) is 61.9 Å². The van der Waals surface area contributed by atoms with Crippen molar-refractivity contribution in [2.45, 2.75) is 39.0 Å². The van der Waals surface area contributed by atoms with E-state index in [1.807, 2.05) is 49.5 Å². The number of carboxylic acids is 1. The fourth-order valence-corrected chi connectivity index (χ4v) is 3.51. The molecule has 2 N–H and O–H groups in total. The molecule has 0 saturated carbocycles. The van der Waals surface area contributed by atoms with Gasteiger partial charge in [0.1, 0.15) is 6.26 Å². The molecule has 3 aromatic rings. The molecule has 0 fully saturated rings. The second-order valence-corrected chi connectivity index (χ2v) is 7.92. The largest absolute Gasteiger partial charge is 0.481 e. The lowest BCUT2D eigenvalue weighted by Crippen LogP contribution is -2.25. The number of carboxylic acid groups (broad SMARTS) is 1. The molecule has 184 valence electrons. The number of nitrogens with zero attached hydrogens (tertiary/aromatic N) is 2. The van der Waals surface area contributed by atoms with Gasteiger partial charge in [0, 0.05) is 49.7 Å². The number of oxazole rings is 1. The topological polar surface area (TPSA) is 115 Å². The highest BCUT2D eigenvalue weighted by molar-refractivity contribution is 5.92. The van der Waals surface area contributed by atoms with Crippen molar-refractivity contribution in [2.75, 3.05) is 19.8 Å². The number of hydrogen-bond acceptors (Lipinski definition) is 6. The highest BCUT2D eigenvalue weighted by Gasteiger charge is 2.14. The molecular weight excluding hydrogens is 446 g/mol. The summed E-state index contributed by atoms with van der Waals surface area (Å²) in [6.07, 6.45) is 10.1. The molecule has 0 saturated heterocycles. The Morgan fingerprint density at radius 1 is 1.11 bits per heavy atom. The lowest BCUT2D eigenvalue weighted by Gasteiger charge is -2.09. The number of carbonyl (C=O) groups excluding carboxylic acids is 1. The highest BCUT2D eigenvalue weighted by atomic mass is 16.5. The standard InChI is InChI=1S/C27H31N3O5/c1-2-34-17-7-16-29-26(33)24-19-35-27(30-24)21-13-11-20(12-14-21)23(22-8-6-15-28-18-22)9-4-3-5-10-25(31)32/h6,8-9,11-15,18-19H,2-5,7,10,16-17H2,1H3,(H,29,33)(H,31,32). The number of amides is 1. The van der Waals surface area contributed by atoms with Gasteiger partial charge in [0.2, 0.25) is 5.89 Å². The molecule has 35 heavy (non-hydrogen) atoms. The van der Waals surface area contributed by atoms with E-state index in [1.54, 1.807) is 6.20 Å². The molecule has 0 spiro atoms. The summed E-state index contributed by atoms with van der Waals surface area (Å²) < 4.78 is 10.8. The van der Waals surface area contributed by atoms with Gasteiger partial charge >= 0.3 is 5.97 Å². The Kier molecular flexibility index (Phi) is 10.2. The Balaban J connectivity index is 1.67. The van der Waals surface area contributed by atoms with Crippen LogP contribution in [0.1, 0.15) is 60.6 Å². The molecule has 2 heterocycles. The summed E-state index contributed by atoms with van der Waals surface area (Å²) in [5.41, 5.74) is 4.00. The SMILES string of the molecule is CCOCCCNC(=O)c1coc(-c2ccc(C(=CCCCCC(=O)O)c3cccnc3)cc2)n1. The first-order valence-electron chi connectivity index (χ1n) is 11.8. The molecule has 3 rings (SSSR count). The number of aliphatic carboxylic acids is 1. The minimum atomic E-state index is -0.772. The fraction of sp³-hybridized carbons (Fsp3) is 0.333. The first-order valence-corrected chi connectivity index (χ1v) is 11.8. The van der Waals surface area contributed by atoms with Gasteiger partial charge in [-0.25, -0.2) is 4.98 Å². The zero-order valence-corrected chi connectivity index (χ0v) is 19.9. The number of allylic oxidation sites excluding steroid dienone is 1. The van der Waals surface area contributed by atoms with Crippen LogP contribution in [0.15, 0.2) is 65.5 Å². The van der Waals surface area contributed by atoms with Crippen molar-refractivity contribution in [3.8, 4) is 11.5 Å². The highest BCUT2D eigenvalue weighted by Crippen LogP contribution is 2.27. The second-order valence-electron chi connectivity index (χ2n) is 7.92. The van der Waals surface area contributed by atoms with Crippen molar-refractivity contribution >= 4 is 17.4 Å². The smallest absolute Gasteiger partial charge is 0.303 e. The fourth-order valence-electron chi connectivity index (χ4n) is 3.51. The van der Waals surface area contributed by atoms with E-state index in [0.717, 1.165) is 41.5 Å². The van der Waals surface area contributed by atoms with Crippen molar-refractivity contribution in [3.05, 3.63) is 78.0 Å². The Morgan fingerprint density at radius 2 is 1.94 bits per heavy atom. The van der Waals surface area contributed by atoms with Gasteiger partial charge in [0.15, 0.2) is 5.69 Å². The van der Waals surface area contributed by atoms with Crippen LogP contribution in [0, 0.1) is 0 Å². The molecule has 2 aromatic heterocycles. The summed E-state index contributed by atoms with van der Waals surface area (Å²) in [6.45, 7) is 3.70. The Hall–Kier alpha value is -3.78. The Labute approximate surface area is 205 Å². The van der Waals surface area contributed by atoms with Crippen LogP contribution in [-0.2, 0) is 9.53 Å². The van der Waals surface area contributed by atoms with Gasteiger partial charge < -0.3 is 19.6 Å².